The molecular formula is C46H60MgN4O5-2. The molecule has 1 aliphatic carbocycles. The molecule has 7 atom stereocenters. The van der Waals surface area contributed by atoms with Crippen LogP contribution in [0.2, 0.25) is 0 Å². The Kier molecular flexibility index (Phi) is 14.3. The molecule has 8 bridgehead atoms. The maximum absolute atomic E-state index is 13.6. The summed E-state index contributed by atoms with van der Waals surface area (Å²) in [6, 6.07) is -0.520. The van der Waals surface area contributed by atoms with Crippen LogP contribution in [0.15, 0.2) is 40.4 Å². The molecule has 5 heterocycles. The number of fused-ring (bicyclic) bond motifs is 8. The molecule has 0 amide bonds. The Bertz CT molecular complexity index is 2060. The second-order valence-corrected chi connectivity index (χ2v) is 16.3. The Balaban J connectivity index is 0.00000600. The smallest absolute Gasteiger partial charge is 0.681 e. The maximum Gasteiger partial charge on any atom is 2.00 e. The van der Waals surface area contributed by atoms with Crippen molar-refractivity contribution in [3.8, 4) is 0 Å². The van der Waals surface area contributed by atoms with Gasteiger partial charge in [-0.3, -0.25) is 9.59 Å². The van der Waals surface area contributed by atoms with E-state index in [1.165, 1.54) is 31.1 Å². The van der Waals surface area contributed by atoms with Crippen LogP contribution in [0, 0.1) is 43.4 Å². The van der Waals surface area contributed by atoms with E-state index in [9.17, 15) is 14.7 Å². The molecule has 4 aliphatic rings. The molecule has 9 nitrogen and oxygen atoms in total. The standard InChI is InChI=1S/C46H60N4O5.Mg/c1-11-24(4)15-14-16-25(5)19-20-55-39(51)18-17-32-28(8)35-21-33-26(6)30(12-2)37(47-33)22-34-27(7)31(13-3)38(48-34)23-36-29(9)40-44(50-36)41(43(32)49-35)42(45(40)52)46(53)54-10;/h19,21-24,28,30,32,42-43,45,52H,11-18,20H2,1-10H3;/q-4;+2/b25-19-,35-21-,36-23-,37-22-;/t24-,28-,30-,32-,42+,43?,45+;/m0./s1. The number of rotatable bonds is 13. The van der Waals surface area contributed by atoms with Crippen LogP contribution in [0.3, 0.4) is 0 Å². The van der Waals surface area contributed by atoms with E-state index in [-0.39, 0.29) is 59.8 Å². The number of esters is 2. The van der Waals surface area contributed by atoms with Crippen molar-refractivity contribution in [2.45, 2.75) is 126 Å². The van der Waals surface area contributed by atoms with E-state index in [4.69, 9.17) is 30.1 Å². The van der Waals surface area contributed by atoms with Gasteiger partial charge in [0.25, 0.3) is 0 Å². The average molecular weight is 773 g/mol. The van der Waals surface area contributed by atoms with Crippen LogP contribution in [0.1, 0.15) is 133 Å². The van der Waals surface area contributed by atoms with Crippen LogP contribution < -0.4 is 20.7 Å². The predicted octanol–water partition coefficient (Wildman–Crippen LogP) is 7.64. The van der Waals surface area contributed by atoms with E-state index >= 15 is 0 Å². The van der Waals surface area contributed by atoms with Gasteiger partial charge in [-0.15, -0.1) is 27.8 Å². The van der Waals surface area contributed by atoms with Gasteiger partial charge in [0.05, 0.1) is 13.2 Å². The number of allylic oxidation sites excluding steroid dienone is 4. The van der Waals surface area contributed by atoms with Crippen LogP contribution in [0.4, 0.5) is 0 Å². The zero-order valence-electron chi connectivity index (χ0n) is 35.3. The normalized spacial score (nSPS) is 26.9. The molecule has 6 rings (SSSR count). The summed E-state index contributed by atoms with van der Waals surface area (Å²) in [4.78, 5) is 37.1. The molecule has 0 saturated carbocycles. The third kappa shape index (κ3) is 8.39. The van der Waals surface area contributed by atoms with Gasteiger partial charge in [0, 0.05) is 6.42 Å². The maximum atomic E-state index is 13.6. The van der Waals surface area contributed by atoms with E-state index in [0.29, 0.717) is 28.3 Å². The Morgan fingerprint density at radius 1 is 1.00 bits per heavy atom. The Morgan fingerprint density at radius 2 is 1.75 bits per heavy atom. The molecule has 0 aromatic carbocycles. The van der Waals surface area contributed by atoms with Gasteiger partial charge in [0.2, 0.25) is 0 Å². The van der Waals surface area contributed by atoms with E-state index in [0.717, 1.165) is 76.8 Å². The van der Waals surface area contributed by atoms with E-state index in [2.05, 4.69) is 67.5 Å². The van der Waals surface area contributed by atoms with Crippen LogP contribution in [-0.4, -0.2) is 59.9 Å². The van der Waals surface area contributed by atoms with Crippen molar-refractivity contribution < 1.29 is 24.2 Å². The minimum Gasteiger partial charge on any atom is -0.681 e. The van der Waals surface area contributed by atoms with E-state index < -0.39 is 24.0 Å². The Hall–Kier alpha value is -3.47. The number of methoxy groups -OCH3 is 1. The number of aliphatic hydroxyl groups excluding tert-OH is 1. The van der Waals surface area contributed by atoms with Crippen LogP contribution in [-0.2, 0) is 25.5 Å². The molecule has 2 aromatic heterocycles. The molecule has 1 unspecified atom stereocenters. The summed E-state index contributed by atoms with van der Waals surface area (Å²) in [5.74, 6) is -1.12. The molecule has 1 N–H and O–H groups in total. The van der Waals surface area contributed by atoms with Crippen molar-refractivity contribution >= 4 is 52.7 Å². The van der Waals surface area contributed by atoms with Crippen molar-refractivity contribution in [2.75, 3.05) is 13.7 Å². The minimum absolute atomic E-state index is 0. The summed E-state index contributed by atoms with van der Waals surface area (Å²) < 4.78 is 11.0. The van der Waals surface area contributed by atoms with E-state index in [1.807, 2.05) is 19.1 Å². The number of aliphatic hydroxyl groups is 1. The topological polar surface area (TPSA) is 129 Å². The fourth-order valence-corrected chi connectivity index (χ4v) is 9.15. The first-order valence-corrected chi connectivity index (χ1v) is 20.5. The number of hydrogen-bond acceptors (Lipinski definition) is 5. The number of ether oxygens (including phenoxy) is 2. The van der Waals surface area contributed by atoms with Gasteiger partial charge in [0.15, 0.2) is 0 Å². The molecule has 2 aromatic rings. The zero-order valence-corrected chi connectivity index (χ0v) is 36.7. The van der Waals surface area contributed by atoms with Gasteiger partial charge in [0.1, 0.15) is 12.5 Å². The average Bonchev–Trinajstić information content (AvgIpc) is 3.90. The fourth-order valence-electron chi connectivity index (χ4n) is 9.15. The third-order valence-corrected chi connectivity index (χ3v) is 12.9. The van der Waals surface area contributed by atoms with Crippen molar-refractivity contribution in [2.24, 2.45) is 29.6 Å². The molecule has 0 spiro atoms. The summed E-state index contributed by atoms with van der Waals surface area (Å²) in [6.45, 7) is 19.5. The van der Waals surface area contributed by atoms with Crippen LogP contribution >= 0.6 is 0 Å². The first kappa shape index (κ1) is 43.6. The largest absolute Gasteiger partial charge is 2.00 e. The third-order valence-electron chi connectivity index (χ3n) is 12.9. The quantitative estimate of drug-likeness (QED) is 0.126. The van der Waals surface area contributed by atoms with Crippen molar-refractivity contribution in [3.63, 3.8) is 0 Å². The minimum atomic E-state index is -1.14. The molecule has 298 valence electrons. The summed E-state index contributed by atoms with van der Waals surface area (Å²) in [5, 5.41) is 23.8. The van der Waals surface area contributed by atoms with Gasteiger partial charge in [-0.2, -0.15) is 11.4 Å². The second kappa shape index (κ2) is 18.4. The van der Waals surface area contributed by atoms with Gasteiger partial charge in [-0.1, -0.05) is 105 Å². The summed E-state index contributed by atoms with van der Waals surface area (Å²) >= 11 is 0. The molecule has 0 radical (unpaired) electrons. The number of nitrogens with zero attached hydrogens (tertiary/aromatic N) is 4. The van der Waals surface area contributed by atoms with Crippen LogP contribution in [0.5, 0.6) is 0 Å². The second-order valence-electron chi connectivity index (χ2n) is 16.3. The summed E-state index contributed by atoms with van der Waals surface area (Å²) in [7, 11) is 1.35. The zero-order chi connectivity index (χ0) is 39.7. The number of aromatic nitrogens is 2. The summed E-state index contributed by atoms with van der Waals surface area (Å²) in [6.07, 6.45) is 14.0. The SMILES string of the molecule is CCc1c2[n-]c(c1C)/C=C1\[N-]C(=C(C)[C@@H]1CC)/C=C1\[N-]C(C3=c4[n-]/c(c(C)c4[C@@H](O)[C@@H]3C(=O)OC)=C\2)[C@@H](CCC(=O)OC/C=C(/C)CCC[C@@H](C)CC)[C@@H]1C.[Mg+2]. The van der Waals surface area contributed by atoms with Crippen molar-refractivity contribution in [1.29, 1.82) is 0 Å². The fraction of sp³-hybridized carbons (Fsp3) is 0.565. The first-order chi connectivity index (χ1) is 26.3. The van der Waals surface area contributed by atoms with Gasteiger partial charge >= 0.3 is 35.0 Å². The predicted molar refractivity (Wildman–Crippen MR) is 224 cm³/mol. The molecular weight excluding hydrogens is 713 g/mol. The van der Waals surface area contributed by atoms with Gasteiger partial charge in [-0.25, -0.2) is 0 Å². The monoisotopic (exact) mass is 772 g/mol. The van der Waals surface area contributed by atoms with Crippen molar-refractivity contribution in [1.82, 2.24) is 9.97 Å². The Labute approximate surface area is 349 Å². The van der Waals surface area contributed by atoms with Gasteiger partial charge < -0.3 is 35.2 Å². The number of carbonyl (C=O) groups is 2. The molecule has 1 saturated heterocycles. The molecule has 56 heavy (non-hydrogen) atoms. The number of hydrogen-bond donors (Lipinski definition) is 1. The van der Waals surface area contributed by atoms with Crippen molar-refractivity contribution in [3.05, 3.63) is 95.4 Å². The summed E-state index contributed by atoms with van der Waals surface area (Å²) in [5.41, 5.74) is 11.3. The first-order valence-electron chi connectivity index (χ1n) is 20.5. The molecule has 10 heteroatoms. The molecule has 1 fully saturated rings. The molecule has 3 aliphatic heterocycles. The number of carbonyl (C=O) groups excluding carboxylic acids is 2. The van der Waals surface area contributed by atoms with Crippen LogP contribution in [0.25, 0.3) is 28.4 Å². The van der Waals surface area contributed by atoms with Gasteiger partial charge in [-0.05, 0) is 95.1 Å². The Morgan fingerprint density at radius 3 is 2.43 bits per heavy atom. The van der Waals surface area contributed by atoms with E-state index in [1.54, 1.807) is 0 Å².